The van der Waals surface area contributed by atoms with Crippen LogP contribution < -0.4 is 0 Å². The van der Waals surface area contributed by atoms with Gasteiger partial charge < -0.3 is 14.2 Å². The van der Waals surface area contributed by atoms with Crippen LogP contribution in [-0.4, -0.2) is 47.4 Å². The van der Waals surface area contributed by atoms with E-state index in [1.165, 1.54) is 58.0 Å². The van der Waals surface area contributed by atoms with E-state index in [2.05, 4.69) is 15.0 Å². The number of nitrogens with zero attached hydrogens (tertiary/aromatic N) is 3. The van der Waals surface area contributed by atoms with Crippen LogP contribution in [0.2, 0.25) is 0 Å². The molecule has 0 radical (unpaired) electrons. The topological polar surface area (TPSA) is 51.4 Å². The molecule has 1 aliphatic carbocycles. The van der Waals surface area contributed by atoms with Crippen LogP contribution in [0.1, 0.15) is 75.4 Å². The summed E-state index contributed by atoms with van der Waals surface area (Å²) in [6.07, 6.45) is 12.7. The fraction of sp³-hybridized carbons (Fsp3) is 0.895. The summed E-state index contributed by atoms with van der Waals surface area (Å²) in [6.45, 7) is 4.24. The first-order valence-corrected chi connectivity index (χ1v) is 10.0. The molecule has 2 aliphatic heterocycles. The van der Waals surface area contributed by atoms with Crippen molar-refractivity contribution >= 4 is 0 Å². The molecule has 5 heteroatoms. The van der Waals surface area contributed by atoms with Gasteiger partial charge in [-0.05, 0) is 64.0 Å². The van der Waals surface area contributed by atoms with Crippen LogP contribution in [-0.2, 0) is 11.2 Å². The van der Waals surface area contributed by atoms with Crippen molar-refractivity contribution in [3.8, 4) is 0 Å². The zero-order valence-corrected chi connectivity index (χ0v) is 14.8. The molecule has 0 N–H and O–H groups in total. The van der Waals surface area contributed by atoms with Gasteiger partial charge in [0, 0.05) is 31.6 Å². The molecule has 0 bridgehead atoms. The highest BCUT2D eigenvalue weighted by Gasteiger charge is 2.27. The van der Waals surface area contributed by atoms with E-state index in [9.17, 15) is 0 Å². The Labute approximate surface area is 145 Å². The SMILES string of the molecule is C1CCC(N2CCC(CCc3noc(C4CCOCC4)n3)CC2)C1. The number of piperidine rings is 1. The normalized spacial score (nSPS) is 25.5. The van der Waals surface area contributed by atoms with Gasteiger partial charge in [0.15, 0.2) is 5.82 Å². The lowest BCUT2D eigenvalue weighted by atomic mass is 9.91. The second-order valence-electron chi connectivity index (χ2n) is 7.89. The molecule has 2 saturated heterocycles. The highest BCUT2D eigenvalue weighted by molar-refractivity contribution is 4.95. The van der Waals surface area contributed by atoms with Crippen molar-refractivity contribution in [2.24, 2.45) is 5.92 Å². The van der Waals surface area contributed by atoms with E-state index in [0.717, 1.165) is 56.2 Å². The summed E-state index contributed by atoms with van der Waals surface area (Å²) in [6, 6.07) is 0.894. The van der Waals surface area contributed by atoms with Crippen LogP contribution >= 0.6 is 0 Å². The van der Waals surface area contributed by atoms with E-state index in [0.29, 0.717) is 5.92 Å². The maximum atomic E-state index is 5.50. The molecule has 0 amide bonds. The summed E-state index contributed by atoms with van der Waals surface area (Å²) in [5, 5.41) is 4.22. The molecule has 3 fully saturated rings. The highest BCUT2D eigenvalue weighted by Crippen LogP contribution is 2.30. The van der Waals surface area contributed by atoms with Crippen LogP contribution in [0.4, 0.5) is 0 Å². The summed E-state index contributed by atoms with van der Waals surface area (Å²) in [5.74, 6) is 3.00. The Balaban J connectivity index is 1.21. The molecule has 24 heavy (non-hydrogen) atoms. The second-order valence-corrected chi connectivity index (χ2v) is 7.89. The predicted molar refractivity (Wildman–Crippen MR) is 92.0 cm³/mol. The summed E-state index contributed by atoms with van der Waals surface area (Å²) in [5.41, 5.74) is 0. The van der Waals surface area contributed by atoms with E-state index in [-0.39, 0.29) is 0 Å². The van der Waals surface area contributed by atoms with Gasteiger partial charge >= 0.3 is 0 Å². The second kappa shape index (κ2) is 7.96. The van der Waals surface area contributed by atoms with Crippen molar-refractivity contribution in [1.82, 2.24) is 15.0 Å². The van der Waals surface area contributed by atoms with Gasteiger partial charge in [-0.1, -0.05) is 18.0 Å². The average molecular weight is 333 g/mol. The number of rotatable bonds is 5. The molecule has 1 aromatic rings. The molecule has 0 unspecified atom stereocenters. The molecular weight excluding hydrogens is 302 g/mol. The van der Waals surface area contributed by atoms with Gasteiger partial charge in [0.05, 0.1) is 0 Å². The van der Waals surface area contributed by atoms with Gasteiger partial charge in [0.1, 0.15) is 0 Å². The number of ether oxygens (including phenoxy) is 1. The van der Waals surface area contributed by atoms with E-state index in [1.807, 2.05) is 0 Å². The number of hydrogen-bond acceptors (Lipinski definition) is 5. The zero-order chi connectivity index (χ0) is 16.2. The van der Waals surface area contributed by atoms with Crippen LogP contribution in [0.15, 0.2) is 4.52 Å². The summed E-state index contributed by atoms with van der Waals surface area (Å²) >= 11 is 0. The monoisotopic (exact) mass is 333 g/mol. The number of likely N-dealkylation sites (tertiary alicyclic amines) is 1. The molecule has 134 valence electrons. The third-order valence-electron chi connectivity index (χ3n) is 6.32. The van der Waals surface area contributed by atoms with Crippen molar-refractivity contribution in [2.75, 3.05) is 26.3 Å². The first-order valence-electron chi connectivity index (χ1n) is 10.0. The van der Waals surface area contributed by atoms with Crippen LogP contribution in [0.3, 0.4) is 0 Å². The Bertz CT molecular complexity index is 498. The van der Waals surface area contributed by atoms with Gasteiger partial charge in [-0.3, -0.25) is 0 Å². The van der Waals surface area contributed by atoms with Gasteiger partial charge in [0.2, 0.25) is 5.89 Å². The molecular formula is C19H31N3O2. The van der Waals surface area contributed by atoms with Crippen molar-refractivity contribution in [3.63, 3.8) is 0 Å². The lowest BCUT2D eigenvalue weighted by Gasteiger charge is -2.36. The highest BCUT2D eigenvalue weighted by atomic mass is 16.5. The molecule has 3 heterocycles. The lowest BCUT2D eigenvalue weighted by Crippen LogP contribution is -2.40. The zero-order valence-electron chi connectivity index (χ0n) is 14.8. The van der Waals surface area contributed by atoms with Crippen molar-refractivity contribution in [2.45, 2.75) is 76.2 Å². The first kappa shape index (κ1) is 16.5. The molecule has 5 nitrogen and oxygen atoms in total. The van der Waals surface area contributed by atoms with Crippen molar-refractivity contribution < 1.29 is 9.26 Å². The van der Waals surface area contributed by atoms with Gasteiger partial charge in [-0.15, -0.1) is 0 Å². The molecule has 3 aliphatic rings. The molecule has 0 atom stereocenters. The quantitative estimate of drug-likeness (QED) is 0.825. The van der Waals surface area contributed by atoms with Crippen molar-refractivity contribution in [1.29, 1.82) is 0 Å². The predicted octanol–water partition coefficient (Wildman–Crippen LogP) is 3.55. The minimum Gasteiger partial charge on any atom is -0.381 e. The maximum absolute atomic E-state index is 5.50. The van der Waals surface area contributed by atoms with Gasteiger partial charge in [-0.2, -0.15) is 4.98 Å². The van der Waals surface area contributed by atoms with E-state index >= 15 is 0 Å². The largest absolute Gasteiger partial charge is 0.381 e. The Kier molecular flexibility index (Phi) is 5.48. The van der Waals surface area contributed by atoms with Crippen LogP contribution in [0.25, 0.3) is 0 Å². The first-order chi connectivity index (χ1) is 11.9. The summed E-state index contributed by atoms with van der Waals surface area (Å²) in [4.78, 5) is 7.40. The molecule has 4 rings (SSSR count). The Morgan fingerprint density at radius 2 is 1.71 bits per heavy atom. The van der Waals surface area contributed by atoms with E-state index in [1.54, 1.807) is 0 Å². The average Bonchev–Trinajstić information content (AvgIpc) is 3.33. The standard InChI is InChI=1S/C19H31N3O2/c1-2-4-17(3-1)22-11-7-15(8-12-22)5-6-18-20-19(24-21-18)16-9-13-23-14-10-16/h15-17H,1-14H2. The molecule has 1 aromatic heterocycles. The number of hydrogen-bond donors (Lipinski definition) is 0. The van der Waals surface area contributed by atoms with Gasteiger partial charge in [-0.25, -0.2) is 0 Å². The molecule has 1 saturated carbocycles. The maximum Gasteiger partial charge on any atom is 0.229 e. The number of aromatic nitrogens is 2. The Morgan fingerprint density at radius 3 is 2.46 bits per heavy atom. The minimum absolute atomic E-state index is 0.412. The summed E-state index contributed by atoms with van der Waals surface area (Å²) < 4.78 is 10.9. The smallest absolute Gasteiger partial charge is 0.229 e. The minimum atomic E-state index is 0.412. The number of aryl methyl sites for hydroxylation is 1. The Hall–Kier alpha value is -0.940. The Morgan fingerprint density at radius 1 is 0.958 bits per heavy atom. The third-order valence-corrected chi connectivity index (χ3v) is 6.32. The molecule has 0 spiro atoms. The van der Waals surface area contributed by atoms with Crippen molar-refractivity contribution in [3.05, 3.63) is 11.7 Å². The van der Waals surface area contributed by atoms with E-state index < -0.39 is 0 Å². The van der Waals surface area contributed by atoms with Gasteiger partial charge in [0.25, 0.3) is 0 Å². The van der Waals surface area contributed by atoms with E-state index in [4.69, 9.17) is 9.26 Å². The lowest BCUT2D eigenvalue weighted by molar-refractivity contribution is 0.0778. The summed E-state index contributed by atoms with van der Waals surface area (Å²) in [7, 11) is 0. The van der Waals surface area contributed by atoms with Crippen LogP contribution in [0.5, 0.6) is 0 Å². The fourth-order valence-electron chi connectivity index (χ4n) is 4.69. The fourth-order valence-corrected chi connectivity index (χ4v) is 4.69. The van der Waals surface area contributed by atoms with Crippen LogP contribution in [0, 0.1) is 5.92 Å². The molecule has 0 aromatic carbocycles. The third kappa shape index (κ3) is 3.99.